The smallest absolute Gasteiger partial charge is 0.271 e. The van der Waals surface area contributed by atoms with E-state index in [1.54, 1.807) is 31.3 Å². The van der Waals surface area contributed by atoms with Crippen molar-refractivity contribution in [2.45, 2.75) is 13.3 Å². The average molecular weight is 381 g/mol. The van der Waals surface area contributed by atoms with Crippen molar-refractivity contribution in [3.63, 3.8) is 0 Å². The molecule has 0 unspecified atom stereocenters. The molecule has 1 N–H and O–H groups in total. The van der Waals surface area contributed by atoms with Crippen molar-refractivity contribution < 1.29 is 14.1 Å². The van der Waals surface area contributed by atoms with Crippen LogP contribution in [0.5, 0.6) is 0 Å². The van der Waals surface area contributed by atoms with Gasteiger partial charge in [-0.3, -0.25) is 19.6 Å². The van der Waals surface area contributed by atoms with E-state index in [1.165, 1.54) is 29.2 Å². The van der Waals surface area contributed by atoms with Gasteiger partial charge in [-0.25, -0.2) is 4.99 Å². The number of aliphatic imine (C=N–C) groups is 1. The lowest BCUT2D eigenvalue weighted by molar-refractivity contribution is -0.384. The summed E-state index contributed by atoms with van der Waals surface area (Å²) in [6, 6.07) is 9.56. The predicted octanol–water partition coefficient (Wildman–Crippen LogP) is 3.48. The van der Waals surface area contributed by atoms with Crippen LogP contribution in [0.2, 0.25) is 0 Å². The van der Waals surface area contributed by atoms with Crippen LogP contribution in [0.1, 0.15) is 29.6 Å². The first-order valence-corrected chi connectivity index (χ1v) is 8.68. The van der Waals surface area contributed by atoms with Gasteiger partial charge in [-0.2, -0.15) is 5.10 Å². The molecular formula is C19H19N5O4. The largest absolute Gasteiger partial charge is 0.455 e. The van der Waals surface area contributed by atoms with Gasteiger partial charge in [-0.05, 0) is 30.7 Å². The molecule has 0 bridgehead atoms. The van der Waals surface area contributed by atoms with E-state index in [0.29, 0.717) is 35.0 Å². The zero-order valence-electron chi connectivity index (χ0n) is 15.5. The highest BCUT2D eigenvalue weighted by molar-refractivity contribution is 5.98. The van der Waals surface area contributed by atoms with E-state index in [0.717, 1.165) is 6.42 Å². The van der Waals surface area contributed by atoms with Crippen LogP contribution in [0.3, 0.4) is 0 Å². The fourth-order valence-electron chi connectivity index (χ4n) is 2.56. The van der Waals surface area contributed by atoms with E-state index >= 15 is 0 Å². The summed E-state index contributed by atoms with van der Waals surface area (Å²) in [6.45, 7) is 2.55. The number of hydrogen-bond acceptors (Lipinski definition) is 6. The number of carbonyl (C=O) groups excluding carboxylic acids is 1. The molecule has 0 atom stereocenters. The number of benzene rings is 1. The predicted molar refractivity (Wildman–Crippen MR) is 104 cm³/mol. The van der Waals surface area contributed by atoms with Crippen LogP contribution in [0.4, 0.5) is 11.4 Å². The maximum Gasteiger partial charge on any atom is 0.271 e. The zero-order chi connectivity index (χ0) is 20.1. The van der Waals surface area contributed by atoms with Crippen LogP contribution in [-0.4, -0.2) is 33.4 Å². The lowest BCUT2D eigenvalue weighted by Gasteiger charge is -2.04. The average Bonchev–Trinajstić information content (AvgIpc) is 3.31. The third kappa shape index (κ3) is 4.14. The molecule has 3 aromatic rings. The molecule has 0 aliphatic carbocycles. The molecular weight excluding hydrogens is 362 g/mol. The minimum Gasteiger partial charge on any atom is -0.455 e. The van der Waals surface area contributed by atoms with Crippen LogP contribution in [0.25, 0.3) is 11.3 Å². The Bertz CT molecular complexity index is 1020. The number of rotatable bonds is 7. The molecule has 0 fully saturated rings. The second-order valence-electron chi connectivity index (χ2n) is 6.02. The number of non-ortho nitro benzene ring substituents is 1. The molecule has 0 aliphatic rings. The molecule has 2 heterocycles. The highest BCUT2D eigenvalue weighted by Gasteiger charge is 2.16. The van der Waals surface area contributed by atoms with Crippen molar-refractivity contribution in [2.24, 2.45) is 12.0 Å². The maximum absolute atomic E-state index is 12.3. The number of carbonyl (C=O) groups is 1. The number of nitro benzene ring substituents is 1. The number of nitrogens with zero attached hydrogens (tertiary/aromatic N) is 4. The Hall–Kier alpha value is -3.75. The Labute approximate surface area is 160 Å². The molecule has 28 heavy (non-hydrogen) atoms. The Morgan fingerprint density at radius 1 is 1.32 bits per heavy atom. The van der Waals surface area contributed by atoms with Gasteiger partial charge in [0.05, 0.1) is 17.3 Å². The van der Waals surface area contributed by atoms with Crippen LogP contribution in [-0.2, 0) is 7.05 Å². The number of nitrogens with one attached hydrogen (secondary N) is 1. The Morgan fingerprint density at radius 2 is 2.07 bits per heavy atom. The minimum absolute atomic E-state index is 0.0162. The number of furan rings is 1. The fourth-order valence-corrected chi connectivity index (χ4v) is 2.56. The monoisotopic (exact) mass is 381 g/mol. The number of aromatic nitrogens is 2. The molecule has 9 heteroatoms. The van der Waals surface area contributed by atoms with Crippen molar-refractivity contribution in [2.75, 3.05) is 6.54 Å². The normalized spacial score (nSPS) is 11.1. The van der Waals surface area contributed by atoms with Gasteiger partial charge in [-0.1, -0.05) is 6.92 Å². The van der Waals surface area contributed by atoms with Crippen LogP contribution < -0.4 is 5.32 Å². The SMILES string of the molecule is CCCNC(=O)c1c(N=Cc2ccc(-c3ccc([N+](=O)[O-])cc3)o2)cnn1C. The van der Waals surface area contributed by atoms with Gasteiger partial charge in [0.25, 0.3) is 11.6 Å². The lowest BCUT2D eigenvalue weighted by atomic mass is 10.1. The second kappa shape index (κ2) is 8.30. The lowest BCUT2D eigenvalue weighted by Crippen LogP contribution is -2.26. The summed E-state index contributed by atoms with van der Waals surface area (Å²) in [5.74, 6) is 0.806. The molecule has 144 valence electrons. The molecule has 0 aliphatic heterocycles. The molecule has 3 rings (SSSR count). The number of nitro groups is 1. The van der Waals surface area contributed by atoms with Crippen LogP contribution >= 0.6 is 0 Å². The van der Waals surface area contributed by atoms with Crippen molar-refractivity contribution in [3.8, 4) is 11.3 Å². The molecule has 0 radical (unpaired) electrons. The zero-order valence-corrected chi connectivity index (χ0v) is 15.5. The van der Waals surface area contributed by atoms with Gasteiger partial charge >= 0.3 is 0 Å². The standard InChI is InChI=1S/C19H19N5O4/c1-3-10-20-19(25)18-16(12-22-23(18)2)21-11-15-8-9-17(28-15)13-4-6-14(7-5-13)24(26)27/h4-9,11-12H,3,10H2,1-2H3,(H,20,25). The summed E-state index contributed by atoms with van der Waals surface area (Å²) in [7, 11) is 1.68. The topological polar surface area (TPSA) is 116 Å². The van der Waals surface area contributed by atoms with E-state index in [9.17, 15) is 14.9 Å². The van der Waals surface area contributed by atoms with Gasteiger partial charge in [-0.15, -0.1) is 0 Å². The third-order valence-electron chi connectivity index (χ3n) is 3.99. The molecule has 1 aromatic carbocycles. The Balaban J connectivity index is 1.78. The Kier molecular flexibility index (Phi) is 5.64. The van der Waals surface area contributed by atoms with Crippen molar-refractivity contribution >= 4 is 23.5 Å². The van der Waals surface area contributed by atoms with Crippen molar-refractivity contribution in [1.82, 2.24) is 15.1 Å². The molecule has 1 amide bonds. The first-order chi connectivity index (χ1) is 13.5. The van der Waals surface area contributed by atoms with Gasteiger partial charge in [0.2, 0.25) is 0 Å². The van der Waals surface area contributed by atoms with Crippen molar-refractivity contribution in [3.05, 3.63) is 64.2 Å². The first-order valence-electron chi connectivity index (χ1n) is 8.68. The molecule has 2 aromatic heterocycles. The van der Waals surface area contributed by atoms with Crippen LogP contribution in [0, 0.1) is 10.1 Å². The molecule has 0 saturated carbocycles. The summed E-state index contributed by atoms with van der Waals surface area (Å²) < 4.78 is 7.19. The van der Waals surface area contributed by atoms with Crippen molar-refractivity contribution in [1.29, 1.82) is 0 Å². The summed E-state index contributed by atoms with van der Waals surface area (Å²) in [5.41, 5.74) is 1.53. The van der Waals surface area contributed by atoms with E-state index in [2.05, 4.69) is 15.4 Å². The number of hydrogen-bond donors (Lipinski definition) is 1. The highest BCUT2D eigenvalue weighted by atomic mass is 16.6. The third-order valence-corrected chi connectivity index (χ3v) is 3.99. The summed E-state index contributed by atoms with van der Waals surface area (Å²) in [4.78, 5) is 26.9. The van der Waals surface area contributed by atoms with E-state index in [4.69, 9.17) is 4.42 Å². The quantitative estimate of drug-likeness (QED) is 0.382. The fraction of sp³-hybridized carbons (Fsp3) is 0.211. The molecule has 0 saturated heterocycles. The number of amides is 1. The van der Waals surface area contributed by atoms with E-state index < -0.39 is 4.92 Å². The van der Waals surface area contributed by atoms with Gasteiger partial charge in [0.1, 0.15) is 17.2 Å². The van der Waals surface area contributed by atoms with E-state index in [1.807, 2.05) is 6.92 Å². The first kappa shape index (κ1) is 19.0. The van der Waals surface area contributed by atoms with Gasteiger partial charge in [0, 0.05) is 31.3 Å². The van der Waals surface area contributed by atoms with Gasteiger partial charge < -0.3 is 9.73 Å². The maximum atomic E-state index is 12.3. The van der Waals surface area contributed by atoms with Gasteiger partial charge in [0.15, 0.2) is 5.69 Å². The summed E-state index contributed by atoms with van der Waals surface area (Å²) >= 11 is 0. The highest BCUT2D eigenvalue weighted by Crippen LogP contribution is 2.24. The summed E-state index contributed by atoms with van der Waals surface area (Å²) in [5, 5.41) is 17.6. The second-order valence-corrected chi connectivity index (χ2v) is 6.02. The minimum atomic E-state index is -0.452. The number of aryl methyl sites for hydroxylation is 1. The summed E-state index contributed by atoms with van der Waals surface area (Å²) in [6.07, 6.45) is 3.85. The van der Waals surface area contributed by atoms with Crippen LogP contribution in [0.15, 0.2) is 52.0 Å². The van der Waals surface area contributed by atoms with E-state index in [-0.39, 0.29) is 11.6 Å². The Morgan fingerprint density at radius 3 is 2.75 bits per heavy atom. The molecule has 0 spiro atoms. The molecule has 9 nitrogen and oxygen atoms in total.